The van der Waals surface area contributed by atoms with E-state index in [1.807, 2.05) is 38.2 Å². The second-order valence-electron chi connectivity index (χ2n) is 7.07. The second-order valence-corrected chi connectivity index (χ2v) is 7.07. The van der Waals surface area contributed by atoms with Gasteiger partial charge in [-0.2, -0.15) is 0 Å². The zero-order valence-corrected chi connectivity index (χ0v) is 15.3. The number of carbonyl (C=O) groups excluding carboxylic acids is 2. The normalized spacial score (nSPS) is 15.7. The molecule has 2 amide bonds. The van der Waals surface area contributed by atoms with Gasteiger partial charge in [-0.1, -0.05) is 0 Å². The standard InChI is InChI=1S/C20H23N3O3/c1-12-16(11-18(22(12)2)13-4-5-13)19(24)21-15-6-7-17-14(10-15)8-9-23(17)20(25)26-3/h6-7,10-11,13H,4-5,8-9H2,1-3H3,(H,21,24). The summed E-state index contributed by atoms with van der Waals surface area (Å²) in [4.78, 5) is 26.2. The summed E-state index contributed by atoms with van der Waals surface area (Å²) >= 11 is 0. The highest BCUT2D eigenvalue weighted by Gasteiger charge is 2.29. The molecule has 6 heteroatoms. The predicted octanol–water partition coefficient (Wildman–Crippen LogP) is 3.59. The van der Waals surface area contributed by atoms with Crippen LogP contribution in [0, 0.1) is 6.92 Å². The minimum absolute atomic E-state index is 0.0900. The fourth-order valence-electron chi connectivity index (χ4n) is 3.70. The first-order chi connectivity index (χ1) is 12.5. The molecule has 2 aromatic rings. The lowest BCUT2D eigenvalue weighted by atomic mass is 10.1. The molecule has 1 fully saturated rings. The van der Waals surface area contributed by atoms with Gasteiger partial charge in [0.15, 0.2) is 0 Å². The highest BCUT2D eigenvalue weighted by Crippen LogP contribution is 2.41. The number of amides is 2. The Morgan fingerprint density at radius 2 is 2.00 bits per heavy atom. The van der Waals surface area contributed by atoms with Gasteiger partial charge >= 0.3 is 6.09 Å². The van der Waals surface area contributed by atoms with Crippen LogP contribution < -0.4 is 10.2 Å². The van der Waals surface area contributed by atoms with Gasteiger partial charge in [0, 0.05) is 30.7 Å². The molecular weight excluding hydrogens is 330 g/mol. The van der Waals surface area contributed by atoms with Crippen LogP contribution >= 0.6 is 0 Å². The lowest BCUT2D eigenvalue weighted by molar-refractivity contribution is 0.102. The predicted molar refractivity (Wildman–Crippen MR) is 100.0 cm³/mol. The van der Waals surface area contributed by atoms with Crippen LogP contribution in [0.15, 0.2) is 24.3 Å². The summed E-state index contributed by atoms with van der Waals surface area (Å²) in [5.74, 6) is 0.511. The molecule has 1 aliphatic carbocycles. The van der Waals surface area contributed by atoms with Gasteiger partial charge < -0.3 is 14.6 Å². The van der Waals surface area contributed by atoms with Crippen molar-refractivity contribution in [2.24, 2.45) is 7.05 Å². The minimum Gasteiger partial charge on any atom is -0.452 e. The molecule has 0 radical (unpaired) electrons. The first-order valence-electron chi connectivity index (χ1n) is 8.95. The molecule has 2 aliphatic rings. The fourth-order valence-corrected chi connectivity index (χ4v) is 3.70. The zero-order chi connectivity index (χ0) is 18.4. The third kappa shape index (κ3) is 2.75. The molecule has 1 aromatic carbocycles. The average molecular weight is 353 g/mol. The number of rotatable bonds is 3. The molecule has 0 atom stereocenters. The Hall–Kier alpha value is -2.76. The van der Waals surface area contributed by atoms with Gasteiger partial charge in [0.05, 0.1) is 18.4 Å². The molecule has 0 spiro atoms. The third-order valence-corrected chi connectivity index (χ3v) is 5.44. The Labute approximate surface area is 152 Å². The van der Waals surface area contributed by atoms with E-state index >= 15 is 0 Å². The lowest BCUT2D eigenvalue weighted by Gasteiger charge is -2.15. The van der Waals surface area contributed by atoms with E-state index < -0.39 is 0 Å². The summed E-state index contributed by atoms with van der Waals surface area (Å²) in [7, 11) is 3.41. The van der Waals surface area contributed by atoms with Gasteiger partial charge in [-0.25, -0.2) is 4.79 Å². The van der Waals surface area contributed by atoms with Crippen molar-refractivity contribution >= 4 is 23.4 Å². The van der Waals surface area contributed by atoms with E-state index in [0.717, 1.165) is 34.6 Å². The van der Waals surface area contributed by atoms with E-state index in [0.29, 0.717) is 12.5 Å². The Morgan fingerprint density at radius 3 is 2.69 bits per heavy atom. The van der Waals surface area contributed by atoms with Crippen LogP contribution in [0.2, 0.25) is 0 Å². The molecule has 136 valence electrons. The summed E-state index contributed by atoms with van der Waals surface area (Å²) in [6.07, 6.45) is 2.82. The van der Waals surface area contributed by atoms with Crippen LogP contribution in [0.3, 0.4) is 0 Å². The Bertz CT molecular complexity index is 896. The molecule has 2 heterocycles. The SMILES string of the molecule is COC(=O)N1CCc2cc(NC(=O)c3cc(C4CC4)n(C)c3C)ccc21. The minimum atomic E-state index is -0.354. The number of anilines is 2. The Morgan fingerprint density at radius 1 is 1.23 bits per heavy atom. The maximum atomic E-state index is 12.8. The van der Waals surface area contributed by atoms with Crippen LogP contribution in [0.5, 0.6) is 0 Å². The zero-order valence-electron chi connectivity index (χ0n) is 15.3. The van der Waals surface area contributed by atoms with Crippen LogP contribution in [-0.4, -0.2) is 30.2 Å². The monoisotopic (exact) mass is 353 g/mol. The second kappa shape index (κ2) is 6.20. The summed E-state index contributed by atoms with van der Waals surface area (Å²) in [5.41, 5.74) is 5.60. The molecule has 0 bridgehead atoms. The van der Waals surface area contributed by atoms with Crippen molar-refractivity contribution in [2.45, 2.75) is 32.1 Å². The maximum Gasteiger partial charge on any atom is 0.414 e. The summed E-state index contributed by atoms with van der Waals surface area (Å²) in [6, 6.07) is 7.66. The Balaban J connectivity index is 1.54. The van der Waals surface area contributed by atoms with Gasteiger partial charge in [0.2, 0.25) is 0 Å². The topological polar surface area (TPSA) is 63.6 Å². The van der Waals surface area contributed by atoms with Gasteiger partial charge in [-0.3, -0.25) is 9.69 Å². The van der Waals surface area contributed by atoms with E-state index in [1.54, 1.807) is 4.90 Å². The van der Waals surface area contributed by atoms with E-state index in [-0.39, 0.29) is 12.0 Å². The van der Waals surface area contributed by atoms with Crippen molar-refractivity contribution in [1.82, 2.24) is 4.57 Å². The number of hydrogen-bond acceptors (Lipinski definition) is 3. The Kier molecular flexibility index (Phi) is 3.98. The van der Waals surface area contributed by atoms with Crippen molar-refractivity contribution in [3.8, 4) is 0 Å². The van der Waals surface area contributed by atoms with E-state index in [1.165, 1.54) is 25.6 Å². The number of nitrogens with one attached hydrogen (secondary N) is 1. The van der Waals surface area contributed by atoms with Crippen molar-refractivity contribution < 1.29 is 14.3 Å². The number of hydrogen-bond donors (Lipinski definition) is 1. The molecule has 0 unspecified atom stereocenters. The molecule has 4 rings (SSSR count). The molecular formula is C20H23N3O3. The van der Waals surface area contributed by atoms with E-state index in [4.69, 9.17) is 4.74 Å². The molecule has 1 N–H and O–H groups in total. The largest absolute Gasteiger partial charge is 0.452 e. The van der Waals surface area contributed by atoms with Crippen LogP contribution in [-0.2, 0) is 18.2 Å². The number of nitrogens with zero attached hydrogens (tertiary/aromatic N) is 2. The van der Waals surface area contributed by atoms with Crippen LogP contribution in [0.25, 0.3) is 0 Å². The van der Waals surface area contributed by atoms with Crippen LogP contribution in [0.4, 0.5) is 16.2 Å². The van der Waals surface area contributed by atoms with Crippen LogP contribution in [0.1, 0.15) is 46.1 Å². The lowest BCUT2D eigenvalue weighted by Crippen LogP contribution is -2.28. The molecule has 1 aromatic heterocycles. The highest BCUT2D eigenvalue weighted by atomic mass is 16.5. The number of aromatic nitrogens is 1. The van der Waals surface area contributed by atoms with E-state index in [2.05, 4.69) is 9.88 Å². The van der Waals surface area contributed by atoms with Crippen molar-refractivity contribution in [2.75, 3.05) is 23.9 Å². The van der Waals surface area contributed by atoms with Gasteiger partial charge in [-0.05, 0) is 61.9 Å². The fraction of sp³-hybridized carbons (Fsp3) is 0.400. The van der Waals surface area contributed by atoms with Gasteiger partial charge in [-0.15, -0.1) is 0 Å². The molecule has 1 aliphatic heterocycles. The molecule has 26 heavy (non-hydrogen) atoms. The number of carbonyl (C=O) groups is 2. The average Bonchev–Trinajstić information content (AvgIpc) is 3.32. The first kappa shape index (κ1) is 16.7. The highest BCUT2D eigenvalue weighted by molar-refractivity contribution is 6.05. The van der Waals surface area contributed by atoms with Crippen molar-refractivity contribution in [3.05, 3.63) is 46.8 Å². The molecule has 0 saturated heterocycles. The summed E-state index contributed by atoms with van der Waals surface area (Å²) in [6.45, 7) is 2.58. The first-order valence-corrected chi connectivity index (χ1v) is 8.95. The summed E-state index contributed by atoms with van der Waals surface area (Å²) in [5, 5.41) is 3.00. The summed E-state index contributed by atoms with van der Waals surface area (Å²) < 4.78 is 6.94. The molecule has 6 nitrogen and oxygen atoms in total. The quantitative estimate of drug-likeness (QED) is 0.917. The molecule has 1 saturated carbocycles. The number of ether oxygens (including phenoxy) is 1. The maximum absolute atomic E-state index is 12.8. The van der Waals surface area contributed by atoms with Gasteiger partial charge in [0.25, 0.3) is 5.91 Å². The van der Waals surface area contributed by atoms with E-state index in [9.17, 15) is 9.59 Å². The smallest absolute Gasteiger partial charge is 0.414 e. The van der Waals surface area contributed by atoms with Crippen molar-refractivity contribution in [3.63, 3.8) is 0 Å². The number of methoxy groups -OCH3 is 1. The number of benzene rings is 1. The number of fused-ring (bicyclic) bond motifs is 1. The van der Waals surface area contributed by atoms with Crippen molar-refractivity contribution in [1.29, 1.82) is 0 Å². The third-order valence-electron chi connectivity index (χ3n) is 5.44. The van der Waals surface area contributed by atoms with Gasteiger partial charge in [0.1, 0.15) is 0 Å².